The summed E-state index contributed by atoms with van der Waals surface area (Å²) in [6, 6.07) is 26.4. The summed E-state index contributed by atoms with van der Waals surface area (Å²) in [6.07, 6.45) is 6.68. The average Bonchev–Trinajstić information content (AvgIpc) is 3.26. The molecule has 0 saturated heterocycles. The molecule has 0 spiro atoms. The number of carbonyl (C=O) groups excluding carboxylic acids is 1. The minimum atomic E-state index is -3.19. The van der Waals surface area contributed by atoms with Crippen LogP contribution in [0.2, 0.25) is 0 Å². The van der Waals surface area contributed by atoms with Gasteiger partial charge in [0.05, 0.1) is 11.9 Å². The standard InChI is InChI=1S/C15H23NO2S.C13H16O.C8H10/c1-4-10-15(11-5-2)12-16(19(3,17)18)14-9-7-6-8-13(14)15;1-9(2)13(11(4)14)12-8-6-5-7-10(12)3;1-2-8-6-4-3-5-7-8/h6-9H,4-5,10-12H2,1-3H3;5-8H,1-4H3;3-7H,2H2,1H3. The summed E-state index contributed by atoms with van der Waals surface area (Å²) < 4.78 is 25.6. The van der Waals surface area contributed by atoms with Crippen molar-refractivity contribution in [1.29, 1.82) is 0 Å². The first kappa shape index (κ1) is 34.0. The molecule has 0 amide bonds. The van der Waals surface area contributed by atoms with E-state index in [1.54, 1.807) is 11.2 Å². The van der Waals surface area contributed by atoms with Gasteiger partial charge in [0, 0.05) is 17.5 Å². The lowest BCUT2D eigenvalue weighted by Gasteiger charge is -2.29. The molecule has 4 rings (SSSR count). The highest BCUT2D eigenvalue weighted by atomic mass is 32.2. The number of hydrogen-bond acceptors (Lipinski definition) is 3. The first-order chi connectivity index (χ1) is 19.4. The third kappa shape index (κ3) is 9.16. The molecule has 41 heavy (non-hydrogen) atoms. The van der Waals surface area contributed by atoms with Gasteiger partial charge in [-0.3, -0.25) is 9.10 Å². The molecule has 1 heterocycles. The van der Waals surface area contributed by atoms with E-state index >= 15 is 0 Å². The Kier molecular flexibility index (Phi) is 13.0. The van der Waals surface area contributed by atoms with Crippen molar-refractivity contribution in [3.8, 4) is 0 Å². The number of fused-ring (bicyclic) bond motifs is 1. The molecule has 0 atom stereocenters. The number of aryl methyl sites for hydroxylation is 2. The molecule has 0 radical (unpaired) electrons. The van der Waals surface area contributed by atoms with Crippen molar-refractivity contribution in [2.75, 3.05) is 17.1 Å². The fourth-order valence-electron chi connectivity index (χ4n) is 5.77. The first-order valence-corrected chi connectivity index (χ1v) is 16.6. The van der Waals surface area contributed by atoms with E-state index in [1.807, 2.05) is 69.3 Å². The van der Waals surface area contributed by atoms with E-state index in [9.17, 15) is 13.2 Å². The van der Waals surface area contributed by atoms with Gasteiger partial charge in [0.2, 0.25) is 10.0 Å². The van der Waals surface area contributed by atoms with Gasteiger partial charge in [0.15, 0.2) is 5.78 Å². The molecule has 1 aliphatic rings. The predicted octanol–water partition coefficient (Wildman–Crippen LogP) is 8.93. The van der Waals surface area contributed by atoms with Crippen LogP contribution < -0.4 is 4.31 Å². The van der Waals surface area contributed by atoms with Crippen molar-refractivity contribution in [3.05, 3.63) is 107 Å². The molecule has 4 nitrogen and oxygen atoms in total. The first-order valence-electron chi connectivity index (χ1n) is 14.8. The lowest BCUT2D eigenvalue weighted by molar-refractivity contribution is -0.111. The molecule has 0 unspecified atom stereocenters. The smallest absolute Gasteiger partial charge is 0.232 e. The van der Waals surface area contributed by atoms with Crippen LogP contribution in [-0.2, 0) is 26.7 Å². The van der Waals surface area contributed by atoms with E-state index in [-0.39, 0.29) is 11.2 Å². The topological polar surface area (TPSA) is 54.5 Å². The number of hydrogen-bond donors (Lipinski definition) is 0. The Balaban J connectivity index is 0.000000234. The molecule has 0 saturated carbocycles. The van der Waals surface area contributed by atoms with E-state index < -0.39 is 10.0 Å². The number of benzene rings is 3. The Morgan fingerprint density at radius 1 is 0.805 bits per heavy atom. The second-order valence-electron chi connectivity index (χ2n) is 11.2. The molecule has 5 heteroatoms. The largest absolute Gasteiger partial charge is 0.294 e. The van der Waals surface area contributed by atoms with Gasteiger partial charge in [-0.2, -0.15) is 0 Å². The van der Waals surface area contributed by atoms with Crippen molar-refractivity contribution in [2.24, 2.45) is 0 Å². The van der Waals surface area contributed by atoms with Crippen LogP contribution in [-0.4, -0.2) is 27.0 Å². The lowest BCUT2D eigenvalue weighted by atomic mass is 9.75. The summed E-state index contributed by atoms with van der Waals surface area (Å²) in [5.74, 6) is 0.138. The minimum absolute atomic E-state index is 0.00315. The Hall–Kier alpha value is -3.18. The van der Waals surface area contributed by atoms with Gasteiger partial charge in [-0.15, -0.1) is 0 Å². The molecule has 3 aromatic carbocycles. The maximum absolute atomic E-state index is 12.0. The van der Waals surface area contributed by atoms with Crippen molar-refractivity contribution >= 4 is 27.1 Å². The van der Waals surface area contributed by atoms with Crippen LogP contribution in [0, 0.1) is 6.92 Å². The molecule has 0 aliphatic carbocycles. The monoisotopic (exact) mass is 575 g/mol. The number of carbonyl (C=O) groups is 1. The minimum Gasteiger partial charge on any atom is -0.294 e. The van der Waals surface area contributed by atoms with Crippen LogP contribution in [0.15, 0.2) is 84.4 Å². The van der Waals surface area contributed by atoms with Gasteiger partial charge in [-0.05, 0) is 75.3 Å². The highest BCUT2D eigenvalue weighted by Gasteiger charge is 2.43. The predicted molar refractivity (Wildman–Crippen MR) is 176 cm³/mol. The SMILES string of the molecule is CC(=O)C(=C(C)C)c1ccccc1C.CCCC1(CCC)CN(S(C)(=O)=O)c2ccccc21.CCc1ccccc1. The molecular weight excluding hydrogens is 526 g/mol. The molecule has 1 aliphatic heterocycles. The third-order valence-electron chi connectivity index (χ3n) is 7.57. The zero-order chi connectivity index (χ0) is 30.6. The maximum Gasteiger partial charge on any atom is 0.232 e. The van der Waals surface area contributed by atoms with Gasteiger partial charge in [0.25, 0.3) is 0 Å². The fraction of sp³-hybridized carbons (Fsp3) is 0.417. The highest BCUT2D eigenvalue weighted by Crippen LogP contribution is 2.47. The highest BCUT2D eigenvalue weighted by molar-refractivity contribution is 7.92. The van der Waals surface area contributed by atoms with E-state index in [0.29, 0.717) is 6.54 Å². The zero-order valence-electron chi connectivity index (χ0n) is 26.3. The van der Waals surface area contributed by atoms with Crippen LogP contribution in [0.25, 0.3) is 5.57 Å². The summed E-state index contributed by atoms with van der Waals surface area (Å²) in [5.41, 5.74) is 7.64. The van der Waals surface area contributed by atoms with Crippen LogP contribution in [0.3, 0.4) is 0 Å². The molecule has 3 aromatic rings. The second kappa shape index (κ2) is 15.7. The van der Waals surface area contributed by atoms with Gasteiger partial charge in [-0.25, -0.2) is 8.42 Å². The maximum atomic E-state index is 12.0. The van der Waals surface area contributed by atoms with Gasteiger partial charge >= 0.3 is 0 Å². The number of rotatable bonds is 8. The Labute approximate surface area is 249 Å². The van der Waals surface area contributed by atoms with Gasteiger partial charge in [0.1, 0.15) is 0 Å². The molecule has 0 bridgehead atoms. The number of para-hydroxylation sites is 1. The summed E-state index contributed by atoms with van der Waals surface area (Å²) in [6.45, 7) is 14.7. The van der Waals surface area contributed by atoms with Crippen LogP contribution in [0.5, 0.6) is 0 Å². The fourth-order valence-corrected chi connectivity index (χ4v) is 6.77. The number of allylic oxidation sites excluding steroid dienone is 2. The molecular formula is C36H49NO3S. The second-order valence-corrected chi connectivity index (χ2v) is 13.1. The number of Topliss-reactive ketones (excluding diaryl/α,β-unsaturated/α-hetero) is 1. The van der Waals surface area contributed by atoms with Crippen LogP contribution in [0.4, 0.5) is 5.69 Å². The number of ketones is 1. The van der Waals surface area contributed by atoms with E-state index in [0.717, 1.165) is 60.1 Å². The Bertz CT molecular complexity index is 1400. The number of sulfonamides is 1. The van der Waals surface area contributed by atoms with Gasteiger partial charge in [-0.1, -0.05) is 112 Å². The van der Waals surface area contributed by atoms with Crippen molar-refractivity contribution in [3.63, 3.8) is 0 Å². The van der Waals surface area contributed by atoms with Crippen molar-refractivity contribution in [2.45, 2.75) is 86.0 Å². The summed E-state index contributed by atoms with van der Waals surface area (Å²) >= 11 is 0. The summed E-state index contributed by atoms with van der Waals surface area (Å²) in [7, 11) is -3.19. The van der Waals surface area contributed by atoms with E-state index in [4.69, 9.17) is 0 Å². The summed E-state index contributed by atoms with van der Waals surface area (Å²) in [4.78, 5) is 11.5. The Morgan fingerprint density at radius 3 is 1.80 bits per heavy atom. The van der Waals surface area contributed by atoms with Crippen LogP contribution in [0.1, 0.15) is 89.5 Å². The molecule has 0 N–H and O–H groups in total. The zero-order valence-corrected chi connectivity index (χ0v) is 27.1. The normalized spacial score (nSPS) is 13.2. The molecule has 0 fully saturated rings. The third-order valence-corrected chi connectivity index (χ3v) is 8.69. The number of nitrogens with zero attached hydrogens (tertiary/aromatic N) is 1. The van der Waals surface area contributed by atoms with Crippen molar-refractivity contribution < 1.29 is 13.2 Å². The average molecular weight is 576 g/mol. The van der Waals surface area contributed by atoms with Crippen molar-refractivity contribution in [1.82, 2.24) is 0 Å². The molecule has 222 valence electrons. The quantitative estimate of drug-likeness (QED) is 0.252. The van der Waals surface area contributed by atoms with E-state index in [1.165, 1.54) is 17.4 Å². The number of anilines is 1. The summed E-state index contributed by atoms with van der Waals surface area (Å²) in [5, 5.41) is 0. The Morgan fingerprint density at radius 2 is 1.34 bits per heavy atom. The lowest BCUT2D eigenvalue weighted by Crippen LogP contribution is -2.36. The molecule has 0 aromatic heterocycles. The van der Waals surface area contributed by atoms with Crippen LogP contribution >= 0.6 is 0 Å². The van der Waals surface area contributed by atoms with Gasteiger partial charge < -0.3 is 0 Å². The van der Waals surface area contributed by atoms with E-state index in [2.05, 4.69) is 51.1 Å².